The molecule has 1 aliphatic carbocycles. The van der Waals surface area contributed by atoms with Crippen LogP contribution in [0.5, 0.6) is 0 Å². The molecule has 2 heterocycles. The van der Waals surface area contributed by atoms with Crippen LogP contribution in [0.4, 0.5) is 0 Å². The van der Waals surface area contributed by atoms with Crippen LogP contribution in [-0.4, -0.2) is 31.3 Å². The quantitative estimate of drug-likeness (QED) is 0.793. The number of nitrogens with zero attached hydrogens (tertiary/aromatic N) is 1. The van der Waals surface area contributed by atoms with Crippen molar-refractivity contribution in [1.29, 1.82) is 0 Å². The predicted octanol–water partition coefficient (Wildman–Crippen LogP) is 3.79. The molecule has 2 aliphatic heterocycles. The number of aliphatic imine (C=N–C) groups is 1. The van der Waals surface area contributed by atoms with E-state index in [4.69, 9.17) is 0 Å². The Hall–Kier alpha value is -1.94. The van der Waals surface area contributed by atoms with Crippen LogP contribution in [0.2, 0.25) is 0 Å². The Morgan fingerprint density at radius 3 is 2.92 bits per heavy atom. The molecule has 1 spiro atoms. The highest BCUT2D eigenvalue weighted by atomic mass is 16.2. The lowest BCUT2D eigenvalue weighted by atomic mass is 9.74. The Kier molecular flexibility index (Phi) is 4.94. The zero-order valence-electron chi connectivity index (χ0n) is 15.6. The average molecular weight is 356 g/mol. The molecule has 3 unspecified atom stereocenters. The normalized spacial score (nSPS) is 31.0. The van der Waals surface area contributed by atoms with Gasteiger partial charge >= 0.3 is 0 Å². The average Bonchev–Trinajstić information content (AvgIpc) is 2.92. The minimum absolute atomic E-state index is 0. The van der Waals surface area contributed by atoms with Gasteiger partial charge in [0.1, 0.15) is 6.04 Å². The molecule has 1 fully saturated rings. The van der Waals surface area contributed by atoms with Gasteiger partial charge in [-0.25, -0.2) is 0 Å². The van der Waals surface area contributed by atoms with E-state index < -0.39 is 0 Å². The van der Waals surface area contributed by atoms with Crippen molar-refractivity contribution >= 4 is 12.1 Å². The Balaban J connectivity index is 0.00000140. The van der Waals surface area contributed by atoms with Crippen molar-refractivity contribution in [2.75, 3.05) is 13.1 Å². The molecule has 0 bridgehead atoms. The van der Waals surface area contributed by atoms with E-state index in [1.807, 2.05) is 6.21 Å². The van der Waals surface area contributed by atoms with Crippen LogP contribution in [0.3, 0.4) is 0 Å². The minimum atomic E-state index is -0.316. The van der Waals surface area contributed by atoms with Crippen LogP contribution >= 0.6 is 0 Å². The maximum Gasteiger partial charge on any atom is 0.245 e. The maximum atomic E-state index is 13.0. The summed E-state index contributed by atoms with van der Waals surface area (Å²) in [5, 5.41) is 6.83. The fraction of sp³-hybridized carbons (Fsp3) is 0.545. The first-order valence-corrected chi connectivity index (χ1v) is 9.98. The van der Waals surface area contributed by atoms with Crippen molar-refractivity contribution in [2.45, 2.75) is 56.5 Å². The molecule has 1 saturated heterocycles. The summed E-state index contributed by atoms with van der Waals surface area (Å²) in [6.07, 6.45) is 11.5. The number of hydrogen-bond donors (Lipinski definition) is 2. The maximum absolute atomic E-state index is 13.0. The number of piperidine rings is 1. The Morgan fingerprint density at radius 2 is 2.08 bits per heavy atom. The molecule has 3 atom stereocenters. The van der Waals surface area contributed by atoms with E-state index in [9.17, 15) is 4.79 Å². The Labute approximate surface area is 159 Å². The van der Waals surface area contributed by atoms with Gasteiger partial charge in [-0.05, 0) is 62.5 Å². The summed E-state index contributed by atoms with van der Waals surface area (Å²) >= 11 is 0. The number of benzene rings is 1. The SMILES string of the molecule is CC1/C=C\CCC=NC1C(=O)NC1CC2(CCNCC2)c2ccccc21.[HH].[HH]. The first kappa shape index (κ1) is 17.5. The number of nitrogens with one attached hydrogen (secondary N) is 2. The number of rotatable bonds is 2. The minimum Gasteiger partial charge on any atom is -0.347 e. The molecule has 3 aliphatic rings. The number of amides is 1. The van der Waals surface area contributed by atoms with Gasteiger partial charge in [-0.2, -0.15) is 0 Å². The van der Waals surface area contributed by atoms with Gasteiger partial charge in [0.2, 0.25) is 5.91 Å². The lowest BCUT2D eigenvalue weighted by Crippen LogP contribution is -2.41. The molecule has 142 valence electrons. The standard InChI is InChI=1S/C22H29N3O.2H2/c1-16-7-3-2-6-12-24-20(16)21(26)25-19-15-22(10-13-23-14-11-22)18-9-5-4-8-17(18)19;;/h3-5,7-9,12,16,19-20,23H,2,6,10-11,13-15H2,1H3,(H,25,26);2*1H/b7-3-,24-12?;;. The van der Waals surface area contributed by atoms with E-state index in [1.165, 1.54) is 11.1 Å². The number of carbonyl (C=O) groups excluding carboxylic acids is 1. The summed E-state index contributed by atoms with van der Waals surface area (Å²) in [6.45, 7) is 4.20. The molecule has 2 N–H and O–H groups in total. The molecule has 0 radical (unpaired) electrons. The van der Waals surface area contributed by atoms with Gasteiger partial charge in [0.15, 0.2) is 0 Å². The molecule has 26 heavy (non-hydrogen) atoms. The predicted molar refractivity (Wildman–Crippen MR) is 110 cm³/mol. The van der Waals surface area contributed by atoms with Crippen LogP contribution in [0, 0.1) is 5.92 Å². The van der Waals surface area contributed by atoms with Gasteiger partial charge in [0, 0.05) is 14.2 Å². The van der Waals surface area contributed by atoms with Crippen LogP contribution in [0.15, 0.2) is 41.4 Å². The van der Waals surface area contributed by atoms with Gasteiger partial charge < -0.3 is 10.6 Å². The van der Waals surface area contributed by atoms with Gasteiger partial charge in [0.05, 0.1) is 6.04 Å². The van der Waals surface area contributed by atoms with E-state index in [0.717, 1.165) is 45.2 Å². The van der Waals surface area contributed by atoms with Crippen molar-refractivity contribution in [3.63, 3.8) is 0 Å². The fourth-order valence-corrected chi connectivity index (χ4v) is 4.88. The summed E-state index contributed by atoms with van der Waals surface area (Å²) in [4.78, 5) is 17.6. The third kappa shape index (κ3) is 3.23. The zero-order chi connectivity index (χ0) is 18.0. The summed E-state index contributed by atoms with van der Waals surface area (Å²) in [6, 6.07) is 8.49. The van der Waals surface area contributed by atoms with Gasteiger partial charge in [-0.3, -0.25) is 9.79 Å². The molecule has 0 aromatic heterocycles. The molecule has 4 rings (SSSR count). The zero-order valence-corrected chi connectivity index (χ0v) is 15.6. The second kappa shape index (κ2) is 7.36. The lowest BCUT2D eigenvalue weighted by Gasteiger charge is -2.35. The highest BCUT2D eigenvalue weighted by Crippen LogP contribution is 2.49. The van der Waals surface area contributed by atoms with Crippen molar-refractivity contribution in [1.82, 2.24) is 10.6 Å². The fourth-order valence-electron chi connectivity index (χ4n) is 4.88. The van der Waals surface area contributed by atoms with E-state index in [1.54, 1.807) is 0 Å². The van der Waals surface area contributed by atoms with Gasteiger partial charge in [-0.1, -0.05) is 43.3 Å². The van der Waals surface area contributed by atoms with Crippen LogP contribution in [-0.2, 0) is 10.2 Å². The lowest BCUT2D eigenvalue weighted by molar-refractivity contribution is -0.123. The number of carbonyl (C=O) groups is 1. The molecular weight excluding hydrogens is 322 g/mol. The Morgan fingerprint density at radius 1 is 1.27 bits per heavy atom. The summed E-state index contributed by atoms with van der Waals surface area (Å²) in [5.41, 5.74) is 2.97. The van der Waals surface area contributed by atoms with E-state index in [0.29, 0.717) is 0 Å². The largest absolute Gasteiger partial charge is 0.347 e. The number of hydrogen-bond acceptors (Lipinski definition) is 3. The van der Waals surface area contributed by atoms with Crippen molar-refractivity contribution in [2.24, 2.45) is 10.9 Å². The van der Waals surface area contributed by atoms with Gasteiger partial charge in [-0.15, -0.1) is 0 Å². The summed E-state index contributed by atoms with van der Waals surface area (Å²) in [5.74, 6) is 0.196. The molecular formula is C22H33N3O. The van der Waals surface area contributed by atoms with Gasteiger partial charge in [0.25, 0.3) is 0 Å². The summed E-state index contributed by atoms with van der Waals surface area (Å²) in [7, 11) is 0. The third-order valence-electron chi connectivity index (χ3n) is 6.31. The Bertz CT molecular complexity index is 728. The highest BCUT2D eigenvalue weighted by molar-refractivity contribution is 5.84. The van der Waals surface area contributed by atoms with E-state index >= 15 is 0 Å². The first-order valence-electron chi connectivity index (χ1n) is 9.98. The third-order valence-corrected chi connectivity index (χ3v) is 6.31. The van der Waals surface area contributed by atoms with Crippen LogP contribution in [0.1, 0.15) is 59.0 Å². The van der Waals surface area contributed by atoms with E-state index in [-0.39, 0.29) is 32.2 Å². The first-order chi connectivity index (χ1) is 12.7. The topological polar surface area (TPSA) is 53.5 Å². The molecule has 4 heteroatoms. The highest BCUT2D eigenvalue weighted by Gasteiger charge is 2.44. The molecule has 4 nitrogen and oxygen atoms in total. The number of fused-ring (bicyclic) bond motifs is 2. The van der Waals surface area contributed by atoms with Crippen molar-refractivity contribution < 1.29 is 7.65 Å². The smallest absolute Gasteiger partial charge is 0.245 e. The number of allylic oxidation sites excluding steroid dienone is 1. The van der Waals surface area contributed by atoms with E-state index in [2.05, 4.69) is 59.0 Å². The second-order valence-corrected chi connectivity index (χ2v) is 8.02. The van der Waals surface area contributed by atoms with Crippen LogP contribution < -0.4 is 10.6 Å². The molecule has 1 aromatic carbocycles. The van der Waals surface area contributed by atoms with Crippen molar-refractivity contribution in [3.8, 4) is 0 Å². The summed E-state index contributed by atoms with van der Waals surface area (Å²) < 4.78 is 0. The van der Waals surface area contributed by atoms with Crippen LogP contribution in [0.25, 0.3) is 0 Å². The van der Waals surface area contributed by atoms with Crippen molar-refractivity contribution in [3.05, 3.63) is 47.5 Å². The monoisotopic (exact) mass is 355 g/mol. The molecule has 1 amide bonds. The molecule has 1 aromatic rings. The molecule has 0 saturated carbocycles. The second-order valence-electron chi connectivity index (χ2n) is 8.02.